The molecule has 0 spiro atoms. The van der Waals surface area contributed by atoms with Crippen LogP contribution in [0, 0.1) is 5.92 Å². The highest BCUT2D eigenvalue weighted by Gasteiger charge is 2.28. The van der Waals surface area contributed by atoms with Crippen LogP contribution >= 0.6 is 0 Å². The molecule has 1 aliphatic heterocycles. The summed E-state index contributed by atoms with van der Waals surface area (Å²) in [5, 5.41) is 12.6. The Morgan fingerprint density at radius 2 is 2.33 bits per heavy atom. The lowest BCUT2D eigenvalue weighted by atomic mass is 9.91. The van der Waals surface area contributed by atoms with Gasteiger partial charge >= 0.3 is 0 Å². The van der Waals surface area contributed by atoms with Gasteiger partial charge in [-0.05, 0) is 19.9 Å². The molecule has 1 amide bonds. The number of amides is 1. The van der Waals surface area contributed by atoms with Gasteiger partial charge in [-0.1, -0.05) is 13.3 Å². The summed E-state index contributed by atoms with van der Waals surface area (Å²) in [6.45, 7) is 3.92. The zero-order valence-corrected chi connectivity index (χ0v) is 9.70. The summed E-state index contributed by atoms with van der Waals surface area (Å²) in [5.41, 5.74) is 0. The van der Waals surface area contributed by atoms with Crippen LogP contribution in [-0.2, 0) is 4.79 Å². The lowest BCUT2D eigenvalue weighted by Crippen LogP contribution is -2.48. The first-order valence-corrected chi connectivity index (χ1v) is 5.79. The SMILES string of the molecule is CCCC1CN(C(=O)CNC)CCC1O. The molecule has 0 saturated carbocycles. The number of nitrogens with one attached hydrogen (secondary N) is 1. The second-order valence-corrected chi connectivity index (χ2v) is 4.27. The Morgan fingerprint density at radius 1 is 1.60 bits per heavy atom. The number of aliphatic hydroxyl groups excluding tert-OH is 1. The van der Waals surface area contributed by atoms with Crippen LogP contribution in [0.1, 0.15) is 26.2 Å². The molecule has 0 aromatic heterocycles. The monoisotopic (exact) mass is 214 g/mol. The Labute approximate surface area is 91.6 Å². The van der Waals surface area contributed by atoms with Crippen LogP contribution in [0.2, 0.25) is 0 Å². The third-order valence-corrected chi connectivity index (χ3v) is 3.03. The Bertz CT molecular complexity index is 209. The average molecular weight is 214 g/mol. The maximum absolute atomic E-state index is 11.6. The van der Waals surface area contributed by atoms with E-state index >= 15 is 0 Å². The molecule has 0 aromatic carbocycles. The molecule has 4 heteroatoms. The van der Waals surface area contributed by atoms with Crippen molar-refractivity contribution in [3.63, 3.8) is 0 Å². The van der Waals surface area contributed by atoms with Crippen molar-refractivity contribution in [2.24, 2.45) is 5.92 Å². The average Bonchev–Trinajstić information content (AvgIpc) is 2.22. The van der Waals surface area contributed by atoms with E-state index in [-0.39, 0.29) is 17.9 Å². The number of likely N-dealkylation sites (N-methyl/N-ethyl adjacent to an activating group) is 1. The van der Waals surface area contributed by atoms with Gasteiger partial charge in [-0.15, -0.1) is 0 Å². The van der Waals surface area contributed by atoms with Crippen LogP contribution in [0.4, 0.5) is 0 Å². The van der Waals surface area contributed by atoms with Gasteiger partial charge in [0.15, 0.2) is 0 Å². The van der Waals surface area contributed by atoms with Gasteiger partial charge in [0.25, 0.3) is 0 Å². The van der Waals surface area contributed by atoms with E-state index in [0.29, 0.717) is 13.1 Å². The number of carbonyl (C=O) groups is 1. The Hall–Kier alpha value is -0.610. The van der Waals surface area contributed by atoms with Gasteiger partial charge in [-0.3, -0.25) is 4.79 Å². The van der Waals surface area contributed by atoms with E-state index in [4.69, 9.17) is 0 Å². The summed E-state index contributed by atoms with van der Waals surface area (Å²) in [5.74, 6) is 0.412. The summed E-state index contributed by atoms with van der Waals surface area (Å²) in [7, 11) is 1.78. The summed E-state index contributed by atoms with van der Waals surface area (Å²) in [4.78, 5) is 13.5. The molecule has 0 radical (unpaired) electrons. The van der Waals surface area contributed by atoms with E-state index in [1.165, 1.54) is 0 Å². The number of hydrogen-bond donors (Lipinski definition) is 2. The standard InChI is InChI=1S/C11H22N2O2/c1-3-4-9-8-13(6-5-10(9)14)11(15)7-12-2/h9-10,12,14H,3-8H2,1-2H3. The molecule has 2 N–H and O–H groups in total. The maximum Gasteiger partial charge on any atom is 0.236 e. The first-order valence-electron chi connectivity index (χ1n) is 5.79. The maximum atomic E-state index is 11.6. The van der Waals surface area contributed by atoms with Crippen LogP contribution in [0.5, 0.6) is 0 Å². The normalized spacial score (nSPS) is 26.7. The second kappa shape index (κ2) is 6.08. The van der Waals surface area contributed by atoms with Crippen molar-refractivity contribution in [3.05, 3.63) is 0 Å². The molecular formula is C11H22N2O2. The fourth-order valence-corrected chi connectivity index (χ4v) is 2.16. The molecule has 88 valence electrons. The Balaban J connectivity index is 2.45. The molecule has 15 heavy (non-hydrogen) atoms. The number of nitrogens with zero attached hydrogens (tertiary/aromatic N) is 1. The van der Waals surface area contributed by atoms with Gasteiger partial charge in [-0.25, -0.2) is 0 Å². The van der Waals surface area contributed by atoms with E-state index in [9.17, 15) is 9.90 Å². The summed E-state index contributed by atoms with van der Waals surface area (Å²) >= 11 is 0. The highest BCUT2D eigenvalue weighted by molar-refractivity contribution is 5.78. The largest absolute Gasteiger partial charge is 0.393 e. The predicted octanol–water partition coefficient (Wildman–Crippen LogP) is 0.215. The van der Waals surface area contributed by atoms with Gasteiger partial charge < -0.3 is 15.3 Å². The highest BCUT2D eigenvalue weighted by atomic mass is 16.3. The lowest BCUT2D eigenvalue weighted by molar-refractivity contribution is -0.134. The zero-order valence-electron chi connectivity index (χ0n) is 9.70. The van der Waals surface area contributed by atoms with Crippen LogP contribution in [-0.4, -0.2) is 48.7 Å². The molecule has 4 nitrogen and oxygen atoms in total. The van der Waals surface area contributed by atoms with Gasteiger partial charge in [0.05, 0.1) is 12.6 Å². The third-order valence-electron chi connectivity index (χ3n) is 3.03. The number of rotatable bonds is 4. The van der Waals surface area contributed by atoms with Crippen molar-refractivity contribution in [3.8, 4) is 0 Å². The smallest absolute Gasteiger partial charge is 0.236 e. The van der Waals surface area contributed by atoms with E-state index in [2.05, 4.69) is 12.2 Å². The van der Waals surface area contributed by atoms with Crippen LogP contribution in [0.25, 0.3) is 0 Å². The van der Waals surface area contributed by atoms with Crippen LogP contribution in [0.15, 0.2) is 0 Å². The molecule has 2 atom stereocenters. The lowest BCUT2D eigenvalue weighted by Gasteiger charge is -2.36. The molecule has 1 fully saturated rings. The molecule has 0 aromatic rings. The molecule has 1 aliphatic rings. The van der Waals surface area contributed by atoms with E-state index in [1.807, 2.05) is 4.90 Å². The van der Waals surface area contributed by atoms with E-state index in [0.717, 1.165) is 25.8 Å². The van der Waals surface area contributed by atoms with Gasteiger partial charge in [0, 0.05) is 19.0 Å². The molecule has 1 saturated heterocycles. The molecule has 1 rings (SSSR count). The molecule has 1 heterocycles. The molecule has 2 unspecified atom stereocenters. The van der Waals surface area contributed by atoms with Crippen LogP contribution < -0.4 is 5.32 Å². The minimum atomic E-state index is -0.219. The minimum Gasteiger partial charge on any atom is -0.393 e. The predicted molar refractivity (Wildman–Crippen MR) is 59.5 cm³/mol. The zero-order chi connectivity index (χ0) is 11.3. The number of hydrogen-bond acceptors (Lipinski definition) is 3. The summed E-state index contributed by atoms with van der Waals surface area (Å²) in [6.07, 6.45) is 2.57. The molecular weight excluding hydrogens is 192 g/mol. The van der Waals surface area contributed by atoms with Crippen molar-refractivity contribution >= 4 is 5.91 Å². The van der Waals surface area contributed by atoms with Gasteiger partial charge in [-0.2, -0.15) is 0 Å². The van der Waals surface area contributed by atoms with Crippen molar-refractivity contribution < 1.29 is 9.90 Å². The molecule has 0 aliphatic carbocycles. The first kappa shape index (κ1) is 12.5. The Morgan fingerprint density at radius 3 is 2.93 bits per heavy atom. The van der Waals surface area contributed by atoms with E-state index in [1.54, 1.807) is 7.05 Å². The van der Waals surface area contributed by atoms with Crippen molar-refractivity contribution in [1.82, 2.24) is 10.2 Å². The third kappa shape index (κ3) is 3.47. The van der Waals surface area contributed by atoms with Gasteiger partial charge in [0.2, 0.25) is 5.91 Å². The Kier molecular flexibility index (Phi) is 5.05. The number of piperidine rings is 1. The van der Waals surface area contributed by atoms with Crippen LogP contribution in [0.3, 0.4) is 0 Å². The van der Waals surface area contributed by atoms with Crippen molar-refractivity contribution in [1.29, 1.82) is 0 Å². The summed E-state index contributed by atoms with van der Waals surface area (Å²) in [6, 6.07) is 0. The fraction of sp³-hybridized carbons (Fsp3) is 0.909. The fourth-order valence-electron chi connectivity index (χ4n) is 2.16. The number of aliphatic hydroxyl groups is 1. The molecule has 0 bridgehead atoms. The number of carbonyl (C=O) groups excluding carboxylic acids is 1. The second-order valence-electron chi connectivity index (χ2n) is 4.27. The highest BCUT2D eigenvalue weighted by Crippen LogP contribution is 2.21. The first-order chi connectivity index (χ1) is 7.19. The topological polar surface area (TPSA) is 52.6 Å². The van der Waals surface area contributed by atoms with Gasteiger partial charge in [0.1, 0.15) is 0 Å². The summed E-state index contributed by atoms with van der Waals surface area (Å²) < 4.78 is 0. The van der Waals surface area contributed by atoms with E-state index < -0.39 is 0 Å². The number of likely N-dealkylation sites (tertiary alicyclic amines) is 1. The quantitative estimate of drug-likeness (QED) is 0.703. The van der Waals surface area contributed by atoms with Crippen molar-refractivity contribution in [2.45, 2.75) is 32.3 Å². The van der Waals surface area contributed by atoms with Crippen molar-refractivity contribution in [2.75, 3.05) is 26.7 Å². The minimum absolute atomic E-state index is 0.144.